The number of amides is 1. The molecule has 1 amide bonds. The summed E-state index contributed by atoms with van der Waals surface area (Å²) in [5, 5.41) is 13.4. The molecule has 2 aromatic rings. The molecular weight excluding hydrogens is 392 g/mol. The number of thioether (sulfide) groups is 1. The van der Waals surface area contributed by atoms with E-state index in [2.05, 4.69) is 5.32 Å². The fourth-order valence-electron chi connectivity index (χ4n) is 2.10. The Morgan fingerprint density at radius 1 is 1.30 bits per heavy atom. The molecule has 1 unspecified atom stereocenters. The summed E-state index contributed by atoms with van der Waals surface area (Å²) in [6.45, 7) is 3.35. The van der Waals surface area contributed by atoms with E-state index in [4.69, 9.17) is 16.3 Å². The number of benzene rings is 2. The van der Waals surface area contributed by atoms with Crippen molar-refractivity contribution >= 4 is 46.6 Å². The van der Waals surface area contributed by atoms with Crippen LogP contribution in [0.2, 0.25) is 5.02 Å². The van der Waals surface area contributed by atoms with Crippen LogP contribution in [0.4, 0.5) is 11.4 Å². The second kappa shape index (κ2) is 9.38. The van der Waals surface area contributed by atoms with Crippen molar-refractivity contribution in [3.05, 3.63) is 63.2 Å². The van der Waals surface area contributed by atoms with Gasteiger partial charge in [0.05, 0.1) is 21.4 Å². The standard InChI is InChI=1S/C18H17ClN2O5S/c1-11-5-3-4-6-16(11)27-10-17(22)26-12(2)18(23)20-15-9-13(21(24)25)7-8-14(15)19/h3-9,12H,10H2,1-2H3,(H,20,23). The monoisotopic (exact) mass is 408 g/mol. The van der Waals surface area contributed by atoms with Crippen molar-refractivity contribution in [2.24, 2.45) is 0 Å². The van der Waals surface area contributed by atoms with Gasteiger partial charge in [0.2, 0.25) is 0 Å². The Kier molecular flexibility index (Phi) is 7.20. The number of hydrogen-bond donors (Lipinski definition) is 1. The first-order valence-corrected chi connectivity index (χ1v) is 9.27. The lowest BCUT2D eigenvalue weighted by Gasteiger charge is -2.14. The largest absolute Gasteiger partial charge is 0.452 e. The third kappa shape index (κ3) is 5.97. The average Bonchev–Trinajstić information content (AvgIpc) is 2.62. The highest BCUT2D eigenvalue weighted by Crippen LogP contribution is 2.27. The van der Waals surface area contributed by atoms with E-state index in [1.54, 1.807) is 0 Å². The van der Waals surface area contributed by atoms with Crippen molar-refractivity contribution in [3.63, 3.8) is 0 Å². The van der Waals surface area contributed by atoms with Gasteiger partial charge in [-0.15, -0.1) is 11.8 Å². The molecule has 7 nitrogen and oxygen atoms in total. The first-order chi connectivity index (χ1) is 12.8. The fourth-order valence-corrected chi connectivity index (χ4v) is 3.07. The summed E-state index contributed by atoms with van der Waals surface area (Å²) in [7, 11) is 0. The Labute approximate surface area is 165 Å². The summed E-state index contributed by atoms with van der Waals surface area (Å²) in [5.74, 6) is -1.12. The maximum Gasteiger partial charge on any atom is 0.317 e. The smallest absolute Gasteiger partial charge is 0.317 e. The van der Waals surface area contributed by atoms with Crippen LogP contribution in [0.1, 0.15) is 12.5 Å². The Balaban J connectivity index is 1.91. The first-order valence-electron chi connectivity index (χ1n) is 7.90. The number of nitro groups is 1. The summed E-state index contributed by atoms with van der Waals surface area (Å²) < 4.78 is 5.11. The lowest BCUT2D eigenvalue weighted by atomic mass is 10.2. The van der Waals surface area contributed by atoms with Crippen LogP contribution in [0.15, 0.2) is 47.4 Å². The maximum atomic E-state index is 12.2. The summed E-state index contributed by atoms with van der Waals surface area (Å²) in [6.07, 6.45) is -1.08. The van der Waals surface area contributed by atoms with E-state index >= 15 is 0 Å². The van der Waals surface area contributed by atoms with E-state index in [-0.39, 0.29) is 22.2 Å². The van der Waals surface area contributed by atoms with Crippen molar-refractivity contribution < 1.29 is 19.2 Å². The molecule has 0 spiro atoms. The zero-order valence-electron chi connectivity index (χ0n) is 14.6. The highest BCUT2D eigenvalue weighted by Gasteiger charge is 2.20. The van der Waals surface area contributed by atoms with Gasteiger partial charge in [-0.3, -0.25) is 19.7 Å². The van der Waals surface area contributed by atoms with Crippen LogP contribution < -0.4 is 5.32 Å². The molecule has 142 valence electrons. The Morgan fingerprint density at radius 3 is 2.67 bits per heavy atom. The van der Waals surface area contributed by atoms with Crippen molar-refractivity contribution in [2.45, 2.75) is 24.8 Å². The van der Waals surface area contributed by atoms with Gasteiger partial charge in [-0.2, -0.15) is 0 Å². The van der Waals surface area contributed by atoms with E-state index in [0.717, 1.165) is 16.5 Å². The molecule has 9 heteroatoms. The number of esters is 1. The molecule has 0 bridgehead atoms. The molecule has 0 radical (unpaired) electrons. The molecule has 2 aromatic carbocycles. The van der Waals surface area contributed by atoms with Crippen LogP contribution in [-0.4, -0.2) is 28.7 Å². The van der Waals surface area contributed by atoms with Gasteiger partial charge in [-0.05, 0) is 31.5 Å². The first kappa shape index (κ1) is 20.7. The molecule has 0 aromatic heterocycles. The normalized spacial score (nSPS) is 11.5. The quantitative estimate of drug-likeness (QED) is 0.319. The van der Waals surface area contributed by atoms with E-state index in [1.165, 1.54) is 30.8 Å². The molecule has 27 heavy (non-hydrogen) atoms. The molecule has 0 aliphatic heterocycles. The average molecular weight is 409 g/mol. The number of nitro benzene ring substituents is 1. The van der Waals surface area contributed by atoms with Crippen LogP contribution in [0.5, 0.6) is 0 Å². The van der Waals surface area contributed by atoms with E-state index in [0.29, 0.717) is 0 Å². The second-order valence-corrected chi connectivity index (χ2v) is 7.02. The zero-order valence-corrected chi connectivity index (χ0v) is 16.2. The number of carbonyl (C=O) groups excluding carboxylic acids is 2. The topological polar surface area (TPSA) is 98.5 Å². The van der Waals surface area contributed by atoms with Crippen molar-refractivity contribution in [1.29, 1.82) is 0 Å². The number of hydrogen-bond acceptors (Lipinski definition) is 6. The highest BCUT2D eigenvalue weighted by atomic mass is 35.5. The molecule has 0 fully saturated rings. The van der Waals surface area contributed by atoms with Crippen LogP contribution >= 0.6 is 23.4 Å². The molecule has 1 atom stereocenters. The Morgan fingerprint density at radius 2 is 2.00 bits per heavy atom. The van der Waals surface area contributed by atoms with E-state index in [9.17, 15) is 19.7 Å². The Hall–Kier alpha value is -2.58. The predicted molar refractivity (Wildman–Crippen MR) is 104 cm³/mol. The molecule has 1 N–H and O–H groups in total. The van der Waals surface area contributed by atoms with Crippen LogP contribution in [0.25, 0.3) is 0 Å². The van der Waals surface area contributed by atoms with Crippen molar-refractivity contribution in [1.82, 2.24) is 0 Å². The van der Waals surface area contributed by atoms with Crippen LogP contribution in [-0.2, 0) is 14.3 Å². The molecule has 0 aliphatic rings. The van der Waals surface area contributed by atoms with Crippen molar-refractivity contribution in [3.8, 4) is 0 Å². The molecule has 2 rings (SSSR count). The third-order valence-electron chi connectivity index (χ3n) is 3.54. The number of nitrogens with zero attached hydrogens (tertiary/aromatic N) is 1. The van der Waals surface area contributed by atoms with Gasteiger partial charge in [0.15, 0.2) is 6.10 Å². The minimum Gasteiger partial charge on any atom is -0.452 e. The summed E-state index contributed by atoms with van der Waals surface area (Å²) in [4.78, 5) is 35.3. The van der Waals surface area contributed by atoms with Crippen LogP contribution in [0.3, 0.4) is 0 Å². The predicted octanol–water partition coefficient (Wildman–Crippen LogP) is 4.22. The number of rotatable bonds is 7. The number of halogens is 1. The van der Waals surface area contributed by atoms with Gasteiger partial charge in [0.1, 0.15) is 0 Å². The molecule has 0 saturated heterocycles. The lowest BCUT2D eigenvalue weighted by molar-refractivity contribution is -0.384. The molecular formula is C18H17ClN2O5S. The summed E-state index contributed by atoms with van der Waals surface area (Å²) in [5.41, 5.74) is 0.906. The number of carbonyl (C=O) groups is 2. The second-order valence-electron chi connectivity index (χ2n) is 5.60. The number of non-ortho nitro benzene ring substituents is 1. The van der Waals surface area contributed by atoms with Gasteiger partial charge in [0, 0.05) is 17.0 Å². The van der Waals surface area contributed by atoms with Gasteiger partial charge in [0.25, 0.3) is 11.6 Å². The number of aryl methyl sites for hydroxylation is 1. The number of anilines is 1. The fraction of sp³-hybridized carbons (Fsp3) is 0.222. The molecule has 0 saturated carbocycles. The molecule has 0 aliphatic carbocycles. The minimum absolute atomic E-state index is 0.0556. The van der Waals surface area contributed by atoms with Crippen LogP contribution in [0, 0.1) is 17.0 Å². The van der Waals surface area contributed by atoms with Gasteiger partial charge in [-0.25, -0.2) is 0 Å². The van der Waals surface area contributed by atoms with E-state index in [1.807, 2.05) is 31.2 Å². The summed E-state index contributed by atoms with van der Waals surface area (Å²) in [6, 6.07) is 11.3. The SMILES string of the molecule is Cc1ccccc1SCC(=O)OC(C)C(=O)Nc1cc([N+](=O)[O-])ccc1Cl. The Bertz CT molecular complexity index is 875. The van der Waals surface area contributed by atoms with Gasteiger partial charge >= 0.3 is 5.97 Å². The number of ether oxygens (including phenoxy) is 1. The van der Waals surface area contributed by atoms with E-state index < -0.39 is 22.9 Å². The van der Waals surface area contributed by atoms with Gasteiger partial charge < -0.3 is 10.1 Å². The molecule has 0 heterocycles. The third-order valence-corrected chi connectivity index (χ3v) is 5.01. The highest BCUT2D eigenvalue weighted by molar-refractivity contribution is 8.00. The number of nitrogens with one attached hydrogen (secondary N) is 1. The van der Waals surface area contributed by atoms with Crippen molar-refractivity contribution in [2.75, 3.05) is 11.1 Å². The summed E-state index contributed by atoms with van der Waals surface area (Å²) >= 11 is 7.26. The zero-order chi connectivity index (χ0) is 20.0. The minimum atomic E-state index is -1.08. The maximum absolute atomic E-state index is 12.2. The lowest BCUT2D eigenvalue weighted by Crippen LogP contribution is -2.30. The van der Waals surface area contributed by atoms with Gasteiger partial charge in [-0.1, -0.05) is 29.8 Å².